The second-order valence-corrected chi connectivity index (χ2v) is 5.32. The van der Waals surface area contributed by atoms with Crippen LogP contribution in [0.25, 0.3) is 0 Å². The van der Waals surface area contributed by atoms with Crippen molar-refractivity contribution in [3.8, 4) is 0 Å². The summed E-state index contributed by atoms with van der Waals surface area (Å²) in [5.74, 6) is 2.61. The van der Waals surface area contributed by atoms with E-state index in [0.29, 0.717) is 12.1 Å². The molecule has 0 aliphatic heterocycles. The molecule has 2 aliphatic carbocycles. The number of nitrogens with one attached hydrogen (secondary N) is 1. The lowest BCUT2D eigenvalue weighted by atomic mass is 9.87. The zero-order chi connectivity index (χ0) is 10.8. The SMILES string of the molecule is C=CCC(C)NC(C)C1CC2C=CC1C2. The molecule has 0 aromatic heterocycles. The Hall–Kier alpha value is -0.560. The van der Waals surface area contributed by atoms with Gasteiger partial charge in [0.05, 0.1) is 0 Å². The van der Waals surface area contributed by atoms with E-state index in [1.54, 1.807) is 0 Å². The molecule has 0 radical (unpaired) electrons. The van der Waals surface area contributed by atoms with Gasteiger partial charge in [-0.1, -0.05) is 18.2 Å². The molecule has 1 nitrogen and oxygen atoms in total. The molecule has 2 rings (SSSR count). The molecule has 2 aliphatic rings. The van der Waals surface area contributed by atoms with Crippen molar-refractivity contribution < 1.29 is 0 Å². The van der Waals surface area contributed by atoms with Crippen molar-refractivity contribution in [3.05, 3.63) is 24.8 Å². The van der Waals surface area contributed by atoms with Crippen molar-refractivity contribution >= 4 is 0 Å². The van der Waals surface area contributed by atoms with Crippen LogP contribution in [0.15, 0.2) is 24.8 Å². The maximum atomic E-state index is 3.79. The predicted octanol–water partition coefficient (Wildman–Crippen LogP) is 3.14. The maximum Gasteiger partial charge on any atom is 0.00757 e. The summed E-state index contributed by atoms with van der Waals surface area (Å²) in [6.45, 7) is 8.39. The Bertz CT molecular complexity index is 256. The monoisotopic (exact) mass is 205 g/mol. The Morgan fingerprint density at radius 1 is 1.40 bits per heavy atom. The van der Waals surface area contributed by atoms with E-state index in [1.807, 2.05) is 6.08 Å². The van der Waals surface area contributed by atoms with Gasteiger partial charge >= 0.3 is 0 Å². The fourth-order valence-electron chi connectivity index (χ4n) is 3.29. The van der Waals surface area contributed by atoms with Gasteiger partial charge in [0, 0.05) is 12.1 Å². The summed E-state index contributed by atoms with van der Waals surface area (Å²) in [5.41, 5.74) is 0. The molecule has 2 bridgehead atoms. The molecule has 0 amide bonds. The van der Waals surface area contributed by atoms with Gasteiger partial charge in [0.15, 0.2) is 0 Å². The van der Waals surface area contributed by atoms with Gasteiger partial charge in [-0.05, 0) is 50.9 Å². The zero-order valence-corrected chi connectivity index (χ0v) is 9.95. The molecule has 84 valence electrons. The molecule has 0 heterocycles. The highest BCUT2D eigenvalue weighted by molar-refractivity contribution is 5.11. The molecule has 5 atom stereocenters. The molecule has 0 saturated heterocycles. The first-order valence-electron chi connectivity index (χ1n) is 6.26. The minimum Gasteiger partial charge on any atom is -0.311 e. The van der Waals surface area contributed by atoms with Gasteiger partial charge in [0.2, 0.25) is 0 Å². The first kappa shape index (κ1) is 10.9. The van der Waals surface area contributed by atoms with Gasteiger partial charge in [0.25, 0.3) is 0 Å². The van der Waals surface area contributed by atoms with Gasteiger partial charge in [-0.15, -0.1) is 6.58 Å². The standard InChI is InChI=1S/C14H23N/c1-4-5-10(2)15-11(3)14-9-12-6-7-13(14)8-12/h4,6-7,10-15H,1,5,8-9H2,2-3H3. The Balaban J connectivity index is 1.83. The van der Waals surface area contributed by atoms with Crippen LogP contribution < -0.4 is 5.32 Å². The lowest BCUT2D eigenvalue weighted by Crippen LogP contribution is -2.40. The largest absolute Gasteiger partial charge is 0.311 e. The van der Waals surface area contributed by atoms with E-state index in [0.717, 1.165) is 24.2 Å². The molecule has 1 heteroatoms. The van der Waals surface area contributed by atoms with Crippen LogP contribution in [0.4, 0.5) is 0 Å². The topological polar surface area (TPSA) is 12.0 Å². The molecular weight excluding hydrogens is 182 g/mol. The number of allylic oxidation sites excluding steroid dienone is 2. The lowest BCUT2D eigenvalue weighted by Gasteiger charge is -2.28. The van der Waals surface area contributed by atoms with Crippen LogP contribution in [0.3, 0.4) is 0 Å². The molecule has 1 fully saturated rings. The Labute approximate surface area is 93.6 Å². The van der Waals surface area contributed by atoms with Crippen LogP contribution >= 0.6 is 0 Å². The highest BCUT2D eigenvalue weighted by Gasteiger charge is 2.38. The summed E-state index contributed by atoms with van der Waals surface area (Å²) in [6.07, 6.45) is 10.7. The van der Waals surface area contributed by atoms with Crippen LogP contribution in [0.5, 0.6) is 0 Å². The number of hydrogen-bond donors (Lipinski definition) is 1. The van der Waals surface area contributed by atoms with Gasteiger partial charge in [-0.25, -0.2) is 0 Å². The summed E-state index contributed by atoms with van der Waals surface area (Å²) in [5, 5.41) is 3.70. The van der Waals surface area contributed by atoms with E-state index >= 15 is 0 Å². The van der Waals surface area contributed by atoms with Gasteiger partial charge < -0.3 is 5.32 Å². The summed E-state index contributed by atoms with van der Waals surface area (Å²) in [7, 11) is 0. The number of fused-ring (bicyclic) bond motifs is 2. The smallest absolute Gasteiger partial charge is 0.00757 e. The third-order valence-electron chi connectivity index (χ3n) is 4.04. The average molecular weight is 205 g/mol. The van der Waals surface area contributed by atoms with Gasteiger partial charge in [-0.2, -0.15) is 0 Å². The van der Waals surface area contributed by atoms with Gasteiger partial charge in [-0.3, -0.25) is 0 Å². The Kier molecular flexibility index (Phi) is 3.30. The minimum absolute atomic E-state index is 0.570. The Morgan fingerprint density at radius 3 is 2.73 bits per heavy atom. The zero-order valence-electron chi connectivity index (χ0n) is 9.95. The second-order valence-electron chi connectivity index (χ2n) is 5.32. The van der Waals surface area contributed by atoms with Crippen molar-refractivity contribution in [1.29, 1.82) is 0 Å². The first-order chi connectivity index (χ1) is 7.20. The van der Waals surface area contributed by atoms with E-state index in [-0.39, 0.29) is 0 Å². The van der Waals surface area contributed by atoms with E-state index in [9.17, 15) is 0 Å². The van der Waals surface area contributed by atoms with Crippen LogP contribution in [0.2, 0.25) is 0 Å². The second kappa shape index (κ2) is 4.52. The summed E-state index contributed by atoms with van der Waals surface area (Å²) in [4.78, 5) is 0. The summed E-state index contributed by atoms with van der Waals surface area (Å²) < 4.78 is 0. The quantitative estimate of drug-likeness (QED) is 0.680. The molecule has 0 aromatic rings. The van der Waals surface area contributed by atoms with Crippen molar-refractivity contribution in [3.63, 3.8) is 0 Å². The summed E-state index contributed by atoms with van der Waals surface area (Å²) >= 11 is 0. The highest BCUT2D eigenvalue weighted by Crippen LogP contribution is 2.44. The molecule has 15 heavy (non-hydrogen) atoms. The molecule has 1 saturated carbocycles. The van der Waals surface area contributed by atoms with E-state index in [4.69, 9.17) is 0 Å². The van der Waals surface area contributed by atoms with Crippen LogP contribution in [0, 0.1) is 17.8 Å². The van der Waals surface area contributed by atoms with Crippen molar-refractivity contribution in [2.45, 2.75) is 45.2 Å². The normalized spacial score (nSPS) is 36.8. The Morgan fingerprint density at radius 2 is 2.20 bits per heavy atom. The first-order valence-corrected chi connectivity index (χ1v) is 6.26. The van der Waals surface area contributed by atoms with Gasteiger partial charge in [0.1, 0.15) is 0 Å². The van der Waals surface area contributed by atoms with Crippen molar-refractivity contribution in [2.24, 2.45) is 17.8 Å². The fraction of sp³-hybridized carbons (Fsp3) is 0.714. The third kappa shape index (κ3) is 2.34. The van der Waals surface area contributed by atoms with Crippen LogP contribution in [-0.4, -0.2) is 12.1 Å². The van der Waals surface area contributed by atoms with E-state index in [1.165, 1.54) is 12.8 Å². The van der Waals surface area contributed by atoms with E-state index in [2.05, 4.69) is 37.9 Å². The highest BCUT2D eigenvalue weighted by atomic mass is 14.9. The minimum atomic E-state index is 0.570. The molecular formula is C14H23N. The molecule has 0 aromatic carbocycles. The lowest BCUT2D eigenvalue weighted by molar-refractivity contribution is 0.306. The number of rotatable bonds is 5. The molecule has 5 unspecified atom stereocenters. The maximum absolute atomic E-state index is 3.79. The fourth-order valence-corrected chi connectivity index (χ4v) is 3.29. The average Bonchev–Trinajstić information content (AvgIpc) is 2.78. The van der Waals surface area contributed by atoms with Crippen molar-refractivity contribution in [2.75, 3.05) is 0 Å². The molecule has 1 N–H and O–H groups in total. The van der Waals surface area contributed by atoms with Crippen molar-refractivity contribution in [1.82, 2.24) is 5.32 Å². The number of hydrogen-bond acceptors (Lipinski definition) is 1. The third-order valence-corrected chi connectivity index (χ3v) is 4.04. The van der Waals surface area contributed by atoms with E-state index < -0.39 is 0 Å². The predicted molar refractivity (Wildman–Crippen MR) is 65.7 cm³/mol. The van der Waals surface area contributed by atoms with Crippen LogP contribution in [-0.2, 0) is 0 Å². The van der Waals surface area contributed by atoms with Crippen LogP contribution in [0.1, 0.15) is 33.1 Å². The summed E-state index contributed by atoms with van der Waals surface area (Å²) in [6, 6.07) is 1.22. The molecule has 0 spiro atoms.